The minimum atomic E-state index is -0.618. The minimum Gasteiger partial charge on any atom is -0.466 e. The number of hydrogen-bond acceptors (Lipinski definition) is 5. The van der Waals surface area contributed by atoms with E-state index in [1.54, 1.807) is 6.92 Å². The average molecular weight is 271 g/mol. The van der Waals surface area contributed by atoms with Crippen molar-refractivity contribution in [3.63, 3.8) is 0 Å². The van der Waals surface area contributed by atoms with Gasteiger partial charge in [-0.15, -0.1) is 0 Å². The van der Waals surface area contributed by atoms with Gasteiger partial charge in [-0.05, 0) is 32.1 Å². The van der Waals surface area contributed by atoms with Gasteiger partial charge in [0.1, 0.15) is 0 Å². The van der Waals surface area contributed by atoms with Gasteiger partial charge in [0.05, 0.1) is 13.7 Å². The van der Waals surface area contributed by atoms with Crippen molar-refractivity contribution in [1.82, 2.24) is 4.90 Å². The molecule has 2 amide bonds. The molecule has 0 aromatic heterocycles. The normalized spacial score (nSPS) is 13.8. The molecule has 0 bridgehead atoms. The molecule has 6 heteroatoms. The molecule has 0 unspecified atom stereocenters. The van der Waals surface area contributed by atoms with Crippen LogP contribution >= 0.6 is 0 Å². The van der Waals surface area contributed by atoms with Crippen LogP contribution in [0.4, 0.5) is 4.79 Å². The van der Waals surface area contributed by atoms with Crippen molar-refractivity contribution in [2.45, 2.75) is 39.0 Å². The summed E-state index contributed by atoms with van der Waals surface area (Å²) in [5.41, 5.74) is 0. The van der Waals surface area contributed by atoms with Gasteiger partial charge in [0.15, 0.2) is 0 Å². The first-order valence-corrected chi connectivity index (χ1v) is 6.62. The number of imide groups is 1. The van der Waals surface area contributed by atoms with Crippen LogP contribution in [0.1, 0.15) is 39.0 Å². The summed E-state index contributed by atoms with van der Waals surface area (Å²) >= 11 is 0. The third kappa shape index (κ3) is 5.72. The maximum Gasteiger partial charge on any atom is 0.416 e. The third-order valence-corrected chi connectivity index (χ3v) is 2.91. The number of amides is 2. The summed E-state index contributed by atoms with van der Waals surface area (Å²) in [6, 6.07) is 0. The fourth-order valence-electron chi connectivity index (χ4n) is 1.70. The first kappa shape index (κ1) is 15.5. The first-order valence-electron chi connectivity index (χ1n) is 6.62. The van der Waals surface area contributed by atoms with Crippen LogP contribution in [0.5, 0.6) is 0 Å². The van der Waals surface area contributed by atoms with E-state index in [0.29, 0.717) is 25.5 Å². The highest BCUT2D eigenvalue weighted by Crippen LogP contribution is 2.30. The molecule has 108 valence electrons. The standard InChI is InChI=1S/C13H21NO5/c1-3-19-12(16)6-4-5-11(15)14(13(17)18-2)9-10-7-8-10/h10H,3-9H2,1-2H3. The Hall–Kier alpha value is -1.59. The van der Waals surface area contributed by atoms with Crippen molar-refractivity contribution in [1.29, 1.82) is 0 Å². The van der Waals surface area contributed by atoms with Gasteiger partial charge in [-0.2, -0.15) is 0 Å². The van der Waals surface area contributed by atoms with Crippen LogP contribution in [-0.4, -0.2) is 43.1 Å². The topological polar surface area (TPSA) is 72.9 Å². The van der Waals surface area contributed by atoms with Gasteiger partial charge < -0.3 is 9.47 Å². The van der Waals surface area contributed by atoms with E-state index >= 15 is 0 Å². The second-order valence-electron chi connectivity index (χ2n) is 4.58. The van der Waals surface area contributed by atoms with E-state index < -0.39 is 6.09 Å². The number of carbonyl (C=O) groups excluding carboxylic acids is 3. The molecular formula is C13H21NO5. The Bertz CT molecular complexity index is 338. The molecule has 1 aliphatic rings. The lowest BCUT2D eigenvalue weighted by molar-refractivity contribution is -0.143. The van der Waals surface area contributed by atoms with Crippen LogP contribution < -0.4 is 0 Å². The van der Waals surface area contributed by atoms with E-state index in [-0.39, 0.29) is 24.7 Å². The Morgan fingerprint density at radius 2 is 1.89 bits per heavy atom. The van der Waals surface area contributed by atoms with Gasteiger partial charge in [-0.25, -0.2) is 9.69 Å². The molecular weight excluding hydrogens is 250 g/mol. The summed E-state index contributed by atoms with van der Waals surface area (Å²) in [6.45, 7) is 2.49. The highest BCUT2D eigenvalue weighted by molar-refractivity contribution is 5.92. The molecule has 0 aliphatic heterocycles. The molecule has 0 N–H and O–H groups in total. The molecule has 1 saturated carbocycles. The molecule has 1 aliphatic carbocycles. The molecule has 0 spiro atoms. The predicted molar refractivity (Wildman–Crippen MR) is 67.3 cm³/mol. The van der Waals surface area contributed by atoms with Crippen molar-refractivity contribution >= 4 is 18.0 Å². The predicted octanol–water partition coefficient (Wildman–Crippen LogP) is 1.72. The molecule has 1 rings (SSSR count). The van der Waals surface area contributed by atoms with E-state index in [1.165, 1.54) is 7.11 Å². The highest BCUT2D eigenvalue weighted by Gasteiger charge is 2.30. The van der Waals surface area contributed by atoms with Crippen molar-refractivity contribution in [2.75, 3.05) is 20.3 Å². The van der Waals surface area contributed by atoms with E-state index in [9.17, 15) is 14.4 Å². The Morgan fingerprint density at radius 1 is 1.21 bits per heavy atom. The fraction of sp³-hybridized carbons (Fsp3) is 0.769. The zero-order valence-electron chi connectivity index (χ0n) is 11.5. The second kappa shape index (κ2) is 7.76. The lowest BCUT2D eigenvalue weighted by Gasteiger charge is -2.18. The van der Waals surface area contributed by atoms with Gasteiger partial charge in [-0.1, -0.05) is 0 Å². The molecule has 1 fully saturated rings. The zero-order chi connectivity index (χ0) is 14.3. The molecule has 0 radical (unpaired) electrons. The smallest absolute Gasteiger partial charge is 0.416 e. The Kier molecular flexibility index (Phi) is 6.32. The Labute approximate surface area is 113 Å². The molecule has 19 heavy (non-hydrogen) atoms. The van der Waals surface area contributed by atoms with E-state index in [1.807, 2.05) is 0 Å². The average Bonchev–Trinajstić information content (AvgIpc) is 3.19. The number of rotatable bonds is 7. The second-order valence-corrected chi connectivity index (χ2v) is 4.58. The van der Waals surface area contributed by atoms with Crippen molar-refractivity contribution in [3.05, 3.63) is 0 Å². The van der Waals surface area contributed by atoms with Gasteiger partial charge in [0.25, 0.3) is 0 Å². The molecule has 6 nitrogen and oxygen atoms in total. The number of carbonyl (C=O) groups is 3. The first-order chi connectivity index (χ1) is 9.08. The summed E-state index contributed by atoms with van der Waals surface area (Å²) in [5.74, 6) is -0.196. The fourth-order valence-corrected chi connectivity index (χ4v) is 1.70. The maximum atomic E-state index is 11.9. The molecule has 0 atom stereocenters. The number of esters is 1. The van der Waals surface area contributed by atoms with Crippen LogP contribution in [-0.2, 0) is 19.1 Å². The van der Waals surface area contributed by atoms with Crippen molar-refractivity contribution < 1.29 is 23.9 Å². The zero-order valence-corrected chi connectivity index (χ0v) is 11.5. The van der Waals surface area contributed by atoms with Gasteiger partial charge in [-0.3, -0.25) is 9.59 Å². The highest BCUT2D eigenvalue weighted by atomic mass is 16.5. The van der Waals surface area contributed by atoms with Crippen LogP contribution in [0.15, 0.2) is 0 Å². The molecule has 0 heterocycles. The largest absolute Gasteiger partial charge is 0.466 e. The third-order valence-electron chi connectivity index (χ3n) is 2.91. The lowest BCUT2D eigenvalue weighted by atomic mass is 10.2. The monoisotopic (exact) mass is 271 g/mol. The number of methoxy groups -OCH3 is 1. The quantitative estimate of drug-likeness (QED) is 0.659. The Balaban J connectivity index is 2.34. The van der Waals surface area contributed by atoms with Gasteiger partial charge >= 0.3 is 12.1 Å². The molecule has 0 aromatic carbocycles. The van der Waals surface area contributed by atoms with Crippen molar-refractivity contribution in [3.8, 4) is 0 Å². The maximum absolute atomic E-state index is 11.9. The summed E-state index contributed by atoms with van der Waals surface area (Å²) in [7, 11) is 1.26. The van der Waals surface area contributed by atoms with Gasteiger partial charge in [0, 0.05) is 19.4 Å². The van der Waals surface area contributed by atoms with E-state index in [4.69, 9.17) is 4.74 Å². The van der Waals surface area contributed by atoms with Crippen LogP contribution in [0.3, 0.4) is 0 Å². The summed E-state index contributed by atoms with van der Waals surface area (Å²) in [6.07, 6.45) is 2.20. The molecule has 0 aromatic rings. The lowest BCUT2D eigenvalue weighted by Crippen LogP contribution is -2.38. The van der Waals surface area contributed by atoms with E-state index in [0.717, 1.165) is 17.7 Å². The van der Waals surface area contributed by atoms with Crippen molar-refractivity contribution in [2.24, 2.45) is 5.92 Å². The number of hydrogen-bond donors (Lipinski definition) is 0. The minimum absolute atomic E-state index is 0.153. The van der Waals surface area contributed by atoms with Gasteiger partial charge in [0.2, 0.25) is 5.91 Å². The number of ether oxygens (including phenoxy) is 2. The summed E-state index contributed by atoms with van der Waals surface area (Å²) < 4.78 is 9.37. The Morgan fingerprint density at radius 3 is 2.42 bits per heavy atom. The number of nitrogens with zero attached hydrogens (tertiary/aromatic N) is 1. The SMILES string of the molecule is CCOC(=O)CCCC(=O)N(CC1CC1)C(=O)OC. The van der Waals surface area contributed by atoms with E-state index in [2.05, 4.69) is 4.74 Å². The van der Waals surface area contributed by atoms with Crippen LogP contribution in [0.2, 0.25) is 0 Å². The summed E-state index contributed by atoms with van der Waals surface area (Å²) in [5, 5.41) is 0. The molecule has 0 saturated heterocycles. The van der Waals surface area contributed by atoms with Crippen LogP contribution in [0.25, 0.3) is 0 Å². The van der Waals surface area contributed by atoms with Crippen LogP contribution in [0, 0.1) is 5.92 Å². The summed E-state index contributed by atoms with van der Waals surface area (Å²) in [4.78, 5) is 35.7.